The number of rotatable bonds is 5. The first-order chi connectivity index (χ1) is 9.17. The zero-order valence-electron chi connectivity index (χ0n) is 12.3. The summed E-state index contributed by atoms with van der Waals surface area (Å²) in [5.41, 5.74) is 2.78. The van der Waals surface area contributed by atoms with Crippen molar-refractivity contribution in [2.75, 3.05) is 19.7 Å². The van der Waals surface area contributed by atoms with Crippen molar-refractivity contribution in [2.45, 2.75) is 39.7 Å². The number of aliphatic hydroxyl groups excluding tert-OH is 1. The van der Waals surface area contributed by atoms with E-state index in [9.17, 15) is 0 Å². The lowest BCUT2D eigenvalue weighted by atomic mass is 9.88. The molecule has 1 heterocycles. The van der Waals surface area contributed by atoms with E-state index in [-0.39, 0.29) is 0 Å². The summed E-state index contributed by atoms with van der Waals surface area (Å²) in [5.74, 6) is 1.28. The van der Waals surface area contributed by atoms with Crippen LogP contribution in [0.2, 0.25) is 0 Å². The van der Waals surface area contributed by atoms with E-state index in [2.05, 4.69) is 43.0 Å². The average molecular weight is 261 g/mol. The average Bonchev–Trinajstić information content (AvgIpc) is 2.41. The topological polar surface area (TPSA) is 23.5 Å². The van der Waals surface area contributed by atoms with Gasteiger partial charge in [-0.15, -0.1) is 0 Å². The Labute approximate surface area is 117 Å². The number of piperidine rings is 1. The Balaban J connectivity index is 1.77. The third kappa shape index (κ3) is 4.63. The van der Waals surface area contributed by atoms with Crippen molar-refractivity contribution in [3.8, 4) is 0 Å². The highest BCUT2D eigenvalue weighted by Gasteiger charge is 2.20. The Morgan fingerprint density at radius 2 is 2.05 bits per heavy atom. The van der Waals surface area contributed by atoms with Crippen molar-refractivity contribution >= 4 is 0 Å². The normalized spacial score (nSPS) is 19.5. The summed E-state index contributed by atoms with van der Waals surface area (Å²) in [7, 11) is 0. The molecule has 0 bridgehead atoms. The molecule has 2 heteroatoms. The molecule has 1 aromatic carbocycles. The number of likely N-dealkylation sites (tertiary alicyclic amines) is 1. The molecule has 19 heavy (non-hydrogen) atoms. The fourth-order valence-electron chi connectivity index (χ4n) is 3.09. The van der Waals surface area contributed by atoms with Gasteiger partial charge >= 0.3 is 0 Å². The molecule has 0 spiro atoms. The van der Waals surface area contributed by atoms with Crippen molar-refractivity contribution < 1.29 is 5.11 Å². The smallest absolute Gasteiger partial charge is 0.0456 e. The third-order valence-electron chi connectivity index (χ3n) is 4.24. The molecule has 0 aliphatic carbocycles. The van der Waals surface area contributed by atoms with Gasteiger partial charge in [-0.25, -0.2) is 0 Å². The molecule has 2 rings (SSSR count). The summed E-state index contributed by atoms with van der Waals surface area (Å²) in [6.45, 7) is 8.14. The lowest BCUT2D eigenvalue weighted by molar-refractivity contribution is 0.145. The maximum absolute atomic E-state index is 9.13. The fraction of sp³-hybridized carbons (Fsp3) is 0.647. The number of aryl methyl sites for hydroxylation is 1. The third-order valence-corrected chi connectivity index (χ3v) is 4.24. The molecule has 1 saturated heterocycles. The molecule has 0 aromatic heterocycles. The van der Waals surface area contributed by atoms with Gasteiger partial charge in [-0.2, -0.15) is 0 Å². The predicted octanol–water partition coefficient (Wildman–Crippen LogP) is 3.23. The van der Waals surface area contributed by atoms with Crippen LogP contribution in [0.1, 0.15) is 37.3 Å². The monoisotopic (exact) mass is 261 g/mol. The number of hydrogen-bond donors (Lipinski definition) is 1. The van der Waals surface area contributed by atoms with Gasteiger partial charge in [-0.3, -0.25) is 4.90 Å². The van der Waals surface area contributed by atoms with Gasteiger partial charge in [0.05, 0.1) is 0 Å². The second kappa shape index (κ2) is 7.06. The van der Waals surface area contributed by atoms with Gasteiger partial charge in [0.15, 0.2) is 0 Å². The van der Waals surface area contributed by atoms with Crippen molar-refractivity contribution in [3.63, 3.8) is 0 Å². The summed E-state index contributed by atoms with van der Waals surface area (Å²) in [6, 6.07) is 8.83. The Kier molecular flexibility index (Phi) is 5.41. The Morgan fingerprint density at radius 3 is 2.68 bits per heavy atom. The molecule has 0 amide bonds. The van der Waals surface area contributed by atoms with Gasteiger partial charge in [-0.05, 0) is 56.7 Å². The van der Waals surface area contributed by atoms with Crippen LogP contribution in [0.4, 0.5) is 0 Å². The lowest BCUT2D eigenvalue weighted by Gasteiger charge is -2.33. The Morgan fingerprint density at radius 1 is 1.32 bits per heavy atom. The molecule has 0 saturated carbocycles. The lowest BCUT2D eigenvalue weighted by Crippen LogP contribution is -2.33. The fourth-order valence-corrected chi connectivity index (χ4v) is 3.09. The number of hydrogen-bond acceptors (Lipinski definition) is 2. The van der Waals surface area contributed by atoms with E-state index in [4.69, 9.17) is 5.11 Å². The van der Waals surface area contributed by atoms with Crippen LogP contribution in [-0.2, 0) is 6.54 Å². The minimum Gasteiger partial charge on any atom is -0.396 e. The molecular weight excluding hydrogens is 234 g/mol. The van der Waals surface area contributed by atoms with Gasteiger partial charge in [0, 0.05) is 13.2 Å². The quantitative estimate of drug-likeness (QED) is 0.879. The Hall–Kier alpha value is -0.860. The molecule has 1 fully saturated rings. The van der Waals surface area contributed by atoms with E-state index < -0.39 is 0 Å². The van der Waals surface area contributed by atoms with Crippen molar-refractivity contribution in [1.29, 1.82) is 0 Å². The molecule has 0 radical (unpaired) electrons. The molecule has 1 aliphatic rings. The van der Waals surface area contributed by atoms with Crippen LogP contribution in [0.25, 0.3) is 0 Å². The zero-order valence-corrected chi connectivity index (χ0v) is 12.3. The van der Waals surface area contributed by atoms with E-state index in [1.807, 2.05) is 0 Å². The molecular formula is C17H27NO. The summed E-state index contributed by atoms with van der Waals surface area (Å²) in [5, 5.41) is 9.13. The highest BCUT2D eigenvalue weighted by Crippen LogP contribution is 2.25. The highest BCUT2D eigenvalue weighted by atomic mass is 16.3. The SMILES string of the molecule is Cc1cccc(CN2CCC(CC(C)CO)CC2)c1. The van der Waals surface area contributed by atoms with Crippen molar-refractivity contribution in [2.24, 2.45) is 11.8 Å². The van der Waals surface area contributed by atoms with Crippen LogP contribution < -0.4 is 0 Å². The van der Waals surface area contributed by atoms with E-state index in [0.717, 1.165) is 12.5 Å². The van der Waals surface area contributed by atoms with E-state index >= 15 is 0 Å². The molecule has 1 aromatic rings. The maximum Gasteiger partial charge on any atom is 0.0456 e. The minimum absolute atomic E-state index is 0.337. The molecule has 1 atom stereocenters. The van der Waals surface area contributed by atoms with Gasteiger partial charge in [0.25, 0.3) is 0 Å². The summed E-state index contributed by atoms with van der Waals surface area (Å²) >= 11 is 0. The number of benzene rings is 1. The van der Waals surface area contributed by atoms with Gasteiger partial charge < -0.3 is 5.11 Å². The summed E-state index contributed by atoms with van der Waals surface area (Å²) in [6.07, 6.45) is 3.76. The van der Waals surface area contributed by atoms with Gasteiger partial charge in [0.1, 0.15) is 0 Å². The molecule has 2 nitrogen and oxygen atoms in total. The largest absolute Gasteiger partial charge is 0.396 e. The zero-order chi connectivity index (χ0) is 13.7. The van der Waals surface area contributed by atoms with Crippen LogP contribution in [0.3, 0.4) is 0 Å². The number of aliphatic hydroxyl groups is 1. The van der Waals surface area contributed by atoms with Crippen LogP contribution >= 0.6 is 0 Å². The standard InChI is InChI=1S/C17H27NO/c1-14-4-3-5-17(10-14)12-18-8-6-16(7-9-18)11-15(2)13-19/h3-5,10,15-16,19H,6-9,11-13H2,1-2H3. The molecule has 1 N–H and O–H groups in total. The first kappa shape index (κ1) is 14.5. The summed E-state index contributed by atoms with van der Waals surface area (Å²) < 4.78 is 0. The van der Waals surface area contributed by atoms with E-state index in [1.54, 1.807) is 0 Å². The van der Waals surface area contributed by atoms with Crippen LogP contribution in [0.15, 0.2) is 24.3 Å². The second-order valence-electron chi connectivity index (χ2n) is 6.23. The van der Waals surface area contributed by atoms with E-state index in [1.165, 1.54) is 43.5 Å². The molecule has 106 valence electrons. The van der Waals surface area contributed by atoms with Gasteiger partial charge in [-0.1, -0.05) is 36.8 Å². The van der Waals surface area contributed by atoms with Gasteiger partial charge in [0.2, 0.25) is 0 Å². The molecule has 1 unspecified atom stereocenters. The highest BCUT2D eigenvalue weighted by molar-refractivity contribution is 5.22. The second-order valence-corrected chi connectivity index (χ2v) is 6.23. The van der Waals surface area contributed by atoms with Crippen LogP contribution in [0.5, 0.6) is 0 Å². The number of nitrogens with zero attached hydrogens (tertiary/aromatic N) is 1. The van der Waals surface area contributed by atoms with Crippen LogP contribution in [0, 0.1) is 18.8 Å². The van der Waals surface area contributed by atoms with Crippen LogP contribution in [-0.4, -0.2) is 29.7 Å². The first-order valence-electron chi connectivity index (χ1n) is 7.56. The maximum atomic E-state index is 9.13. The van der Waals surface area contributed by atoms with E-state index in [0.29, 0.717) is 12.5 Å². The first-order valence-corrected chi connectivity index (χ1v) is 7.56. The van der Waals surface area contributed by atoms with Crippen molar-refractivity contribution in [3.05, 3.63) is 35.4 Å². The Bertz CT molecular complexity index is 383. The summed E-state index contributed by atoms with van der Waals surface area (Å²) in [4.78, 5) is 2.56. The predicted molar refractivity (Wildman–Crippen MR) is 80.0 cm³/mol. The van der Waals surface area contributed by atoms with Crippen molar-refractivity contribution in [1.82, 2.24) is 4.90 Å². The molecule has 1 aliphatic heterocycles. The minimum atomic E-state index is 0.337.